The van der Waals surface area contributed by atoms with Crippen molar-refractivity contribution >= 4 is 38.2 Å². The van der Waals surface area contributed by atoms with Gasteiger partial charge < -0.3 is 14.5 Å². The summed E-state index contributed by atoms with van der Waals surface area (Å²) in [4.78, 5) is 23.8. The quantitative estimate of drug-likeness (QED) is 0.580. The minimum atomic E-state index is -3.58. The third kappa shape index (κ3) is 5.11. The molecule has 0 aliphatic carbocycles. The van der Waals surface area contributed by atoms with Crippen molar-refractivity contribution in [3.63, 3.8) is 0 Å². The number of rotatable bonds is 7. The topological polar surface area (TPSA) is 91.3 Å². The summed E-state index contributed by atoms with van der Waals surface area (Å²) in [5.74, 6) is 0.660. The van der Waals surface area contributed by atoms with E-state index >= 15 is 0 Å². The van der Waals surface area contributed by atoms with E-state index in [0.29, 0.717) is 23.6 Å². The third-order valence-corrected chi connectivity index (χ3v) is 7.65. The molecule has 31 heavy (non-hydrogen) atoms. The highest BCUT2D eigenvalue weighted by Crippen LogP contribution is 2.23. The van der Waals surface area contributed by atoms with Crippen LogP contribution < -0.4 is 0 Å². The van der Waals surface area contributed by atoms with Crippen LogP contribution in [0, 0.1) is 6.92 Å². The zero-order chi connectivity index (χ0) is 22.0. The molecule has 4 rings (SSSR count). The molecule has 0 radical (unpaired) electrons. The second-order valence-corrected chi connectivity index (χ2v) is 10.3. The summed E-state index contributed by atoms with van der Waals surface area (Å²) in [5.41, 5.74) is 0.705. The maximum Gasteiger partial charge on any atom is 0.223 e. The second-order valence-electron chi connectivity index (χ2n) is 7.82. The number of sulfone groups is 1. The zero-order valence-electron chi connectivity index (χ0n) is 17.4. The molecular formula is C21H26ClN5O3S. The van der Waals surface area contributed by atoms with Crippen LogP contribution in [0.5, 0.6) is 0 Å². The third-order valence-electron chi connectivity index (χ3n) is 5.78. The van der Waals surface area contributed by atoms with Crippen LogP contribution in [0.25, 0.3) is 10.9 Å². The van der Waals surface area contributed by atoms with Gasteiger partial charge in [0.2, 0.25) is 5.91 Å². The Morgan fingerprint density at radius 1 is 1.16 bits per heavy atom. The molecule has 0 spiro atoms. The molecular weight excluding hydrogens is 438 g/mol. The van der Waals surface area contributed by atoms with Crippen molar-refractivity contribution in [2.75, 3.05) is 38.5 Å². The first kappa shape index (κ1) is 21.9. The summed E-state index contributed by atoms with van der Waals surface area (Å²) in [6.45, 7) is 6.56. The standard InChI is InChI=1S/C21H26ClN5O3S/c1-16-23-5-6-26(16)10-7-25-8-11-27(12-9-25)21(28)4-13-31(29,30)20-15-17-14-18(22)2-3-19(17)24-20/h2-3,5-6,14-15,24H,4,7-13H2,1H3. The van der Waals surface area contributed by atoms with Gasteiger partial charge in [0.05, 0.1) is 5.75 Å². The number of H-pyrrole nitrogens is 1. The molecule has 1 amide bonds. The van der Waals surface area contributed by atoms with E-state index in [4.69, 9.17) is 11.6 Å². The van der Waals surface area contributed by atoms with E-state index in [1.807, 2.05) is 13.1 Å². The molecule has 0 saturated carbocycles. The van der Waals surface area contributed by atoms with E-state index in [0.717, 1.165) is 37.4 Å². The molecule has 1 aliphatic heterocycles. The highest BCUT2D eigenvalue weighted by molar-refractivity contribution is 7.91. The van der Waals surface area contributed by atoms with Crippen molar-refractivity contribution in [3.05, 3.63) is 47.5 Å². The zero-order valence-corrected chi connectivity index (χ0v) is 19.0. The molecule has 0 bridgehead atoms. The minimum absolute atomic E-state index is 0.0211. The molecule has 166 valence electrons. The highest BCUT2D eigenvalue weighted by atomic mass is 35.5. The molecule has 3 heterocycles. The molecule has 2 aromatic heterocycles. The van der Waals surface area contributed by atoms with Gasteiger partial charge in [0.15, 0.2) is 9.84 Å². The average molecular weight is 464 g/mol. The number of aromatic nitrogens is 3. The number of fused-ring (bicyclic) bond motifs is 1. The van der Waals surface area contributed by atoms with Gasteiger partial charge in [0, 0.05) is 74.0 Å². The van der Waals surface area contributed by atoms with E-state index in [1.54, 1.807) is 35.4 Å². The predicted octanol–water partition coefficient (Wildman–Crippen LogP) is 2.33. The molecule has 1 fully saturated rings. The van der Waals surface area contributed by atoms with E-state index in [9.17, 15) is 13.2 Å². The Kier molecular flexibility index (Phi) is 6.36. The molecule has 0 unspecified atom stereocenters. The molecule has 1 saturated heterocycles. The van der Waals surface area contributed by atoms with E-state index < -0.39 is 9.84 Å². The largest absolute Gasteiger partial charge is 0.346 e. The number of carbonyl (C=O) groups is 1. The van der Waals surface area contributed by atoms with Crippen molar-refractivity contribution in [2.45, 2.75) is 24.9 Å². The Hall–Kier alpha value is -2.36. The van der Waals surface area contributed by atoms with Crippen LogP contribution >= 0.6 is 11.6 Å². The van der Waals surface area contributed by atoms with Crippen LogP contribution in [0.3, 0.4) is 0 Å². The number of amides is 1. The van der Waals surface area contributed by atoms with Gasteiger partial charge in [-0.1, -0.05) is 11.6 Å². The number of nitrogens with one attached hydrogen (secondary N) is 1. The van der Waals surface area contributed by atoms with Crippen LogP contribution in [-0.2, 0) is 21.2 Å². The van der Waals surface area contributed by atoms with Crippen molar-refractivity contribution in [3.8, 4) is 0 Å². The minimum Gasteiger partial charge on any atom is -0.346 e. The van der Waals surface area contributed by atoms with Crippen LogP contribution in [0.2, 0.25) is 5.02 Å². The molecule has 10 heteroatoms. The van der Waals surface area contributed by atoms with E-state index in [-0.39, 0.29) is 23.1 Å². The summed E-state index contributed by atoms with van der Waals surface area (Å²) in [6, 6.07) is 6.74. The monoisotopic (exact) mass is 463 g/mol. The van der Waals surface area contributed by atoms with Gasteiger partial charge in [-0.15, -0.1) is 0 Å². The fourth-order valence-electron chi connectivity index (χ4n) is 3.84. The maximum atomic E-state index is 12.7. The van der Waals surface area contributed by atoms with Crippen LogP contribution in [0.15, 0.2) is 41.7 Å². The Bertz CT molecular complexity index is 1180. The summed E-state index contributed by atoms with van der Waals surface area (Å²) in [7, 11) is -3.58. The smallest absolute Gasteiger partial charge is 0.223 e. The number of carbonyl (C=O) groups excluding carboxylic acids is 1. The number of nitrogens with zero attached hydrogens (tertiary/aromatic N) is 4. The molecule has 1 aromatic carbocycles. The number of piperazine rings is 1. The van der Waals surface area contributed by atoms with Gasteiger partial charge in [-0.25, -0.2) is 13.4 Å². The van der Waals surface area contributed by atoms with Gasteiger partial charge in [-0.05, 0) is 31.2 Å². The number of imidazole rings is 1. The van der Waals surface area contributed by atoms with Crippen LogP contribution in [0.1, 0.15) is 12.2 Å². The first-order chi connectivity index (χ1) is 14.8. The number of hydrogen-bond acceptors (Lipinski definition) is 5. The van der Waals surface area contributed by atoms with Crippen LogP contribution in [0.4, 0.5) is 0 Å². The van der Waals surface area contributed by atoms with Crippen molar-refractivity contribution < 1.29 is 13.2 Å². The summed E-state index contributed by atoms with van der Waals surface area (Å²) >= 11 is 5.97. The average Bonchev–Trinajstić information content (AvgIpc) is 3.37. The lowest BCUT2D eigenvalue weighted by molar-refractivity contribution is -0.132. The van der Waals surface area contributed by atoms with E-state index in [2.05, 4.69) is 19.4 Å². The van der Waals surface area contributed by atoms with Crippen molar-refractivity contribution in [2.24, 2.45) is 0 Å². The lowest BCUT2D eigenvalue weighted by Crippen LogP contribution is -2.49. The Morgan fingerprint density at radius 2 is 1.94 bits per heavy atom. The number of aromatic amines is 1. The summed E-state index contributed by atoms with van der Waals surface area (Å²) in [5, 5.41) is 1.40. The number of benzene rings is 1. The molecule has 8 nitrogen and oxygen atoms in total. The Labute approximate surface area is 186 Å². The number of hydrogen-bond donors (Lipinski definition) is 1. The first-order valence-electron chi connectivity index (χ1n) is 10.3. The fourth-order valence-corrected chi connectivity index (χ4v) is 5.26. The van der Waals surface area contributed by atoms with Gasteiger partial charge in [-0.2, -0.15) is 0 Å². The van der Waals surface area contributed by atoms with Gasteiger partial charge in [0.1, 0.15) is 10.9 Å². The van der Waals surface area contributed by atoms with Crippen molar-refractivity contribution in [1.29, 1.82) is 0 Å². The lowest BCUT2D eigenvalue weighted by Gasteiger charge is -2.34. The normalized spacial score (nSPS) is 15.6. The fraction of sp³-hybridized carbons (Fsp3) is 0.429. The number of halogens is 1. The highest BCUT2D eigenvalue weighted by Gasteiger charge is 2.24. The van der Waals surface area contributed by atoms with Gasteiger partial charge >= 0.3 is 0 Å². The van der Waals surface area contributed by atoms with Gasteiger partial charge in [-0.3, -0.25) is 9.69 Å². The Balaban J connectivity index is 1.27. The molecule has 1 N–H and O–H groups in total. The van der Waals surface area contributed by atoms with Gasteiger partial charge in [0.25, 0.3) is 0 Å². The predicted molar refractivity (Wildman–Crippen MR) is 120 cm³/mol. The van der Waals surface area contributed by atoms with Crippen LogP contribution in [-0.4, -0.2) is 77.1 Å². The second kappa shape index (κ2) is 9.02. The molecule has 1 aliphatic rings. The molecule has 0 atom stereocenters. The summed E-state index contributed by atoms with van der Waals surface area (Å²) < 4.78 is 27.5. The number of aryl methyl sites for hydroxylation is 1. The van der Waals surface area contributed by atoms with E-state index in [1.165, 1.54) is 0 Å². The SMILES string of the molecule is Cc1nccn1CCN1CCN(C(=O)CCS(=O)(=O)c2cc3cc(Cl)ccc3[nH]2)CC1. The molecule has 3 aromatic rings. The Morgan fingerprint density at radius 3 is 2.65 bits per heavy atom. The lowest BCUT2D eigenvalue weighted by atomic mass is 10.2. The first-order valence-corrected chi connectivity index (χ1v) is 12.3. The summed E-state index contributed by atoms with van der Waals surface area (Å²) in [6.07, 6.45) is 3.74. The van der Waals surface area contributed by atoms with Crippen molar-refractivity contribution in [1.82, 2.24) is 24.3 Å². The maximum absolute atomic E-state index is 12.7.